The van der Waals surface area contributed by atoms with Crippen LogP contribution in [0.1, 0.15) is 44.9 Å². The van der Waals surface area contributed by atoms with E-state index in [-0.39, 0.29) is 45.8 Å². The minimum absolute atomic E-state index is 0.0424. The Bertz CT molecular complexity index is 1930. The van der Waals surface area contributed by atoms with Crippen molar-refractivity contribution >= 4 is 44.4 Å². The molecule has 3 aromatic heterocycles. The van der Waals surface area contributed by atoms with Crippen molar-refractivity contribution in [1.29, 1.82) is 0 Å². The van der Waals surface area contributed by atoms with Gasteiger partial charge in [-0.2, -0.15) is 4.98 Å². The van der Waals surface area contributed by atoms with Crippen molar-refractivity contribution in [3.8, 4) is 16.9 Å². The number of rotatable bonds is 5. The molecule has 0 aliphatic carbocycles. The van der Waals surface area contributed by atoms with E-state index in [9.17, 15) is 23.1 Å². The van der Waals surface area contributed by atoms with Crippen LogP contribution >= 0.6 is 11.6 Å². The van der Waals surface area contributed by atoms with Crippen LogP contribution in [0, 0.1) is 6.92 Å². The lowest BCUT2D eigenvalue weighted by Gasteiger charge is -2.43. The summed E-state index contributed by atoms with van der Waals surface area (Å²) in [5, 5.41) is 10.3. The van der Waals surface area contributed by atoms with E-state index in [1.165, 1.54) is 15.5 Å². The lowest BCUT2D eigenvalue weighted by molar-refractivity contribution is 0.114. The Kier molecular flexibility index (Phi) is 7.95. The summed E-state index contributed by atoms with van der Waals surface area (Å²) in [5.41, 5.74) is 2.13. The highest BCUT2D eigenvalue weighted by atomic mass is 35.5. The number of piperazine rings is 1. The average molecular weight is 625 g/mol. The number of aromatic nitrogens is 4. The molecule has 43 heavy (non-hydrogen) atoms. The Morgan fingerprint density at radius 2 is 1.79 bits per heavy atom. The van der Waals surface area contributed by atoms with Gasteiger partial charge < -0.3 is 14.9 Å². The fraction of sp³-hybridized carbons (Fsp3) is 0.367. The smallest absolute Gasteiger partial charge is 0.407 e. The summed E-state index contributed by atoms with van der Waals surface area (Å²) in [4.78, 5) is 43.2. The molecule has 0 unspecified atom stereocenters. The number of hydrogen-bond acceptors (Lipinski definition) is 8. The zero-order valence-corrected chi connectivity index (χ0v) is 26.3. The lowest BCUT2D eigenvalue weighted by Crippen LogP contribution is -2.58. The third kappa shape index (κ3) is 5.45. The van der Waals surface area contributed by atoms with E-state index in [0.29, 0.717) is 34.7 Å². The van der Waals surface area contributed by atoms with Crippen LogP contribution in [-0.4, -0.2) is 75.5 Å². The van der Waals surface area contributed by atoms with Crippen LogP contribution in [-0.2, 0) is 9.84 Å². The van der Waals surface area contributed by atoms with Crippen LogP contribution in [0.25, 0.3) is 28.0 Å². The number of sulfone groups is 1. The Hall–Kier alpha value is -4.03. The number of aryl methyl sites for hydroxylation is 1. The predicted octanol–water partition coefficient (Wildman–Crippen LogP) is 4.91. The first-order chi connectivity index (χ1) is 20.2. The van der Waals surface area contributed by atoms with E-state index in [0.717, 1.165) is 11.8 Å². The van der Waals surface area contributed by atoms with Gasteiger partial charge >= 0.3 is 11.8 Å². The molecule has 4 heterocycles. The van der Waals surface area contributed by atoms with Gasteiger partial charge in [0.1, 0.15) is 5.82 Å². The molecule has 4 aromatic rings. The summed E-state index contributed by atoms with van der Waals surface area (Å²) in [6.45, 7) is 10.00. The zero-order valence-electron chi connectivity index (χ0n) is 24.7. The topological polar surface area (TPSA) is 139 Å². The van der Waals surface area contributed by atoms with Crippen molar-refractivity contribution < 1.29 is 18.3 Å². The molecular formula is C30H33ClN6O5S. The number of amides is 1. The maximum absolute atomic E-state index is 14.1. The molecule has 1 fully saturated rings. The van der Waals surface area contributed by atoms with Gasteiger partial charge in [0.05, 0.1) is 32.4 Å². The van der Waals surface area contributed by atoms with Crippen molar-refractivity contribution in [2.75, 3.05) is 24.2 Å². The molecule has 0 radical (unpaired) electrons. The second-order valence-electron chi connectivity index (χ2n) is 11.3. The van der Waals surface area contributed by atoms with Crippen LogP contribution in [0.4, 0.5) is 10.6 Å². The number of nitrogens with zero attached hydrogens (tertiary/aromatic N) is 6. The van der Waals surface area contributed by atoms with E-state index < -0.39 is 21.6 Å². The van der Waals surface area contributed by atoms with Gasteiger partial charge in [0, 0.05) is 43.2 Å². The number of anilines is 1. The Morgan fingerprint density at radius 3 is 2.44 bits per heavy atom. The molecule has 11 nitrogen and oxygen atoms in total. The molecule has 13 heteroatoms. The summed E-state index contributed by atoms with van der Waals surface area (Å²) < 4.78 is 26.8. The van der Waals surface area contributed by atoms with Crippen molar-refractivity contribution in [2.45, 2.75) is 57.5 Å². The van der Waals surface area contributed by atoms with Gasteiger partial charge in [0.15, 0.2) is 15.5 Å². The number of halogens is 1. The summed E-state index contributed by atoms with van der Waals surface area (Å²) in [5.74, 6) is 0.282. The largest absolute Gasteiger partial charge is 0.465 e. The summed E-state index contributed by atoms with van der Waals surface area (Å²) >= 11 is 6.86. The third-order valence-electron chi connectivity index (χ3n) is 7.77. The lowest BCUT2D eigenvalue weighted by atomic mass is 10.0. The van der Waals surface area contributed by atoms with Gasteiger partial charge in [-0.1, -0.05) is 43.6 Å². The fourth-order valence-electron chi connectivity index (χ4n) is 5.67. The van der Waals surface area contributed by atoms with Crippen LogP contribution in [0.3, 0.4) is 0 Å². The number of carbonyl (C=O) groups is 1. The molecule has 0 saturated carbocycles. The molecular weight excluding hydrogens is 592 g/mol. The standard InChI is InChI=1S/C30H33ClN6O5S/c1-16(2)24-26(17(3)11-12-32-24)37-28-21(13-22(31)25(33-28)20-9-7-8-10-23(20)43(6,41)42)27(34-29(37)38)35-14-19(5)36(30(39)40)15-18(35)4/h7-13,16,18-19H,14-15H2,1-6H3,(H,39,40)/t18-,19+/m0/s1. The van der Waals surface area contributed by atoms with Crippen LogP contribution < -0.4 is 10.6 Å². The van der Waals surface area contributed by atoms with E-state index in [1.807, 2.05) is 32.6 Å². The minimum Gasteiger partial charge on any atom is -0.465 e. The third-order valence-corrected chi connectivity index (χ3v) is 9.21. The van der Waals surface area contributed by atoms with E-state index >= 15 is 0 Å². The maximum Gasteiger partial charge on any atom is 0.407 e. The van der Waals surface area contributed by atoms with Crippen LogP contribution in [0.5, 0.6) is 0 Å². The highest BCUT2D eigenvalue weighted by Gasteiger charge is 2.35. The first-order valence-corrected chi connectivity index (χ1v) is 16.1. The highest BCUT2D eigenvalue weighted by Crippen LogP contribution is 2.37. The first kappa shape index (κ1) is 30.4. The predicted molar refractivity (Wildman–Crippen MR) is 166 cm³/mol. The van der Waals surface area contributed by atoms with Gasteiger partial charge in [0.25, 0.3) is 0 Å². The quantitative estimate of drug-likeness (QED) is 0.328. The Balaban J connectivity index is 1.88. The molecule has 2 atom stereocenters. The van der Waals surface area contributed by atoms with E-state index in [1.54, 1.807) is 43.5 Å². The molecule has 1 saturated heterocycles. The Labute approximate surface area is 254 Å². The fourth-order valence-corrected chi connectivity index (χ4v) is 6.82. The average Bonchev–Trinajstić information content (AvgIpc) is 2.93. The molecule has 1 N–H and O–H groups in total. The van der Waals surface area contributed by atoms with Gasteiger partial charge in [-0.15, -0.1) is 0 Å². The van der Waals surface area contributed by atoms with Crippen molar-refractivity contribution in [1.82, 2.24) is 24.4 Å². The summed E-state index contributed by atoms with van der Waals surface area (Å²) in [6.07, 6.45) is 1.79. The van der Waals surface area contributed by atoms with E-state index in [2.05, 4.69) is 9.97 Å². The van der Waals surface area contributed by atoms with Gasteiger partial charge in [-0.3, -0.25) is 4.98 Å². The number of fused-ring (bicyclic) bond motifs is 1. The molecule has 1 amide bonds. The summed E-state index contributed by atoms with van der Waals surface area (Å²) in [7, 11) is -3.65. The number of benzene rings is 1. The molecule has 1 aromatic carbocycles. The second kappa shape index (κ2) is 11.2. The van der Waals surface area contributed by atoms with Crippen molar-refractivity contribution in [2.24, 2.45) is 0 Å². The highest BCUT2D eigenvalue weighted by molar-refractivity contribution is 7.90. The van der Waals surface area contributed by atoms with Crippen molar-refractivity contribution in [3.63, 3.8) is 0 Å². The SMILES string of the molecule is Cc1ccnc(C(C)C)c1-n1c(=O)nc(N2C[C@@H](C)N(C(=O)O)C[C@@H]2C)c2cc(Cl)c(-c3ccccc3S(C)(=O)=O)nc21. The Morgan fingerprint density at radius 1 is 1.09 bits per heavy atom. The molecule has 0 spiro atoms. The maximum atomic E-state index is 14.1. The number of carboxylic acid groups (broad SMARTS) is 1. The van der Waals surface area contributed by atoms with E-state index in [4.69, 9.17) is 16.6 Å². The molecule has 1 aliphatic heterocycles. The second-order valence-corrected chi connectivity index (χ2v) is 13.7. The minimum atomic E-state index is -3.65. The van der Waals surface area contributed by atoms with Crippen molar-refractivity contribution in [3.05, 3.63) is 69.4 Å². The normalized spacial score (nSPS) is 17.6. The first-order valence-electron chi connectivity index (χ1n) is 13.9. The number of pyridine rings is 2. The molecule has 1 aliphatic rings. The van der Waals surface area contributed by atoms with Gasteiger partial charge in [-0.05, 0) is 50.5 Å². The van der Waals surface area contributed by atoms with Gasteiger partial charge in [0.2, 0.25) is 0 Å². The summed E-state index contributed by atoms with van der Waals surface area (Å²) in [6, 6.07) is 9.22. The number of hydrogen-bond donors (Lipinski definition) is 1. The monoisotopic (exact) mass is 624 g/mol. The molecule has 226 valence electrons. The zero-order chi connectivity index (χ0) is 31.4. The molecule has 0 bridgehead atoms. The molecule has 5 rings (SSSR count). The van der Waals surface area contributed by atoms with Crippen LogP contribution in [0.15, 0.2) is 52.3 Å². The van der Waals surface area contributed by atoms with Gasteiger partial charge in [-0.25, -0.2) is 27.6 Å². The van der Waals surface area contributed by atoms with Crippen LogP contribution in [0.2, 0.25) is 5.02 Å².